The van der Waals surface area contributed by atoms with Crippen molar-refractivity contribution in [2.75, 3.05) is 0 Å². The van der Waals surface area contributed by atoms with E-state index >= 15 is 0 Å². The summed E-state index contributed by atoms with van der Waals surface area (Å²) in [5, 5.41) is 0. The van der Waals surface area contributed by atoms with Crippen molar-refractivity contribution in [1.82, 2.24) is 0 Å². The van der Waals surface area contributed by atoms with Crippen LogP contribution in [-0.4, -0.2) is 80.8 Å². The smallest absolute Gasteiger partial charge is 2.00 e. The third kappa shape index (κ3) is 64.1. The zero-order chi connectivity index (χ0) is 0. The van der Waals surface area contributed by atoms with E-state index in [9.17, 15) is 0 Å². The summed E-state index contributed by atoms with van der Waals surface area (Å²) in [5.41, 5.74) is 0. The molecular weight excluding hydrogens is 428 g/mol. The van der Waals surface area contributed by atoms with E-state index in [0.717, 1.165) is 0 Å². The van der Waals surface area contributed by atoms with Crippen molar-refractivity contribution >= 4 is 80.8 Å². The fourth-order valence-corrected chi connectivity index (χ4v) is 0. The molecule has 0 atom stereocenters. The average Bonchev–Trinajstić information content (AvgIpc) is 0. The quantitative estimate of drug-likeness (QED) is 0.421. The van der Waals surface area contributed by atoms with Gasteiger partial charge in [-0.25, -0.2) is 0 Å². The van der Waals surface area contributed by atoms with Gasteiger partial charge in [0.05, 0.1) is 0 Å². The second-order valence-corrected chi connectivity index (χ2v) is 0. The van der Waals surface area contributed by atoms with Gasteiger partial charge in [0, 0.05) is 71.2 Å². The van der Waals surface area contributed by atoms with Crippen molar-refractivity contribution in [2.45, 2.75) is 0 Å². The molecule has 0 fully saturated rings. The number of rotatable bonds is 0. The number of hydrogen-bond donors (Lipinski definition) is 0. The minimum absolute atomic E-state index is 0. The van der Waals surface area contributed by atoms with Gasteiger partial charge in [-0.05, 0) is 0 Å². The van der Waals surface area contributed by atoms with Gasteiger partial charge in [-0.2, -0.15) is 0 Å². The first-order chi connectivity index (χ1) is 0. The van der Waals surface area contributed by atoms with Crippen LogP contribution in [0.25, 0.3) is 0 Å². The second kappa shape index (κ2) is 76.5. The molecule has 0 rings (SSSR count). The van der Waals surface area contributed by atoms with Crippen LogP contribution in [-0.2, 0) is 16.4 Å². The zero-order valence-corrected chi connectivity index (χ0v) is 17.3. The van der Waals surface area contributed by atoms with Crippen LogP contribution >= 0.6 is 0 Å². The predicted molar refractivity (Wildman–Crippen MR) is 29.5 cm³/mol. The summed E-state index contributed by atoms with van der Waals surface area (Å²) in [6, 6.07) is 0. The molecule has 0 bridgehead atoms. The molecule has 38 valence electrons. The summed E-state index contributed by atoms with van der Waals surface area (Å²) in [6.07, 6.45) is 0. The van der Waals surface area contributed by atoms with Gasteiger partial charge in [-0.15, -0.1) is 0 Å². The first-order valence-electron chi connectivity index (χ1n) is 0. The Kier molecular flexibility index (Phi) is 824. The maximum absolute atomic E-state index is 0. The Balaban J connectivity index is 0. The molecule has 0 saturated carbocycles. The van der Waals surface area contributed by atoms with Gasteiger partial charge < -0.3 is 22.1 Å². The molecule has 0 heterocycles. The minimum Gasteiger partial charge on any atom is -2.00 e. The molecule has 0 aromatic heterocycles. The van der Waals surface area contributed by atoms with E-state index in [2.05, 4.69) is 0 Å². The Bertz CT molecular complexity index is 29.4. The average molecular weight is 432 g/mol. The van der Waals surface area contributed by atoms with Crippen LogP contribution in [0.15, 0.2) is 0 Å². The Hall–Kier alpha value is 4.87. The van der Waals surface area contributed by atoms with Crippen molar-refractivity contribution in [2.24, 2.45) is 0 Å². The molecule has 0 N–H and O–H groups in total. The van der Waals surface area contributed by atoms with E-state index in [-0.39, 0.29) is 174 Å². The van der Waals surface area contributed by atoms with Crippen LogP contribution in [0.2, 0.25) is 0 Å². The van der Waals surface area contributed by atoms with E-state index in [1.54, 1.807) is 0 Å². The molecule has 0 aliphatic carbocycles. The third-order valence-corrected chi connectivity index (χ3v) is 0. The molecule has 0 unspecified atom stereocenters. The van der Waals surface area contributed by atoms with Gasteiger partial charge >= 0.3 is 80.8 Å². The summed E-state index contributed by atoms with van der Waals surface area (Å²) in [6.45, 7) is 0. The van der Waals surface area contributed by atoms with E-state index < -0.39 is 0 Å². The van der Waals surface area contributed by atoms with Crippen LogP contribution in [0.1, 0.15) is 5.71 Å². The molecule has 0 spiro atoms. The van der Waals surface area contributed by atoms with E-state index in [1.165, 1.54) is 0 Å². The van der Waals surface area contributed by atoms with E-state index in [1.807, 2.05) is 0 Å². The topological polar surface area (TPSA) is 85.5 Å². The van der Waals surface area contributed by atoms with Crippen LogP contribution in [0.5, 0.6) is 0 Å². The summed E-state index contributed by atoms with van der Waals surface area (Å²) < 4.78 is 0. The van der Waals surface area contributed by atoms with Crippen molar-refractivity contribution < 1.29 is 93.3 Å². The molecule has 0 aromatic rings. The molecule has 2 radical (unpaired) electrons. The van der Waals surface area contributed by atoms with Crippen molar-refractivity contribution in [1.29, 1.82) is 0 Å². The Morgan fingerprint density at radius 3 is 0.556 bits per heavy atom. The fourth-order valence-electron chi connectivity index (χ4n) is 0. The van der Waals surface area contributed by atoms with E-state index in [4.69, 9.17) is 0 Å². The van der Waals surface area contributed by atoms with Gasteiger partial charge in [-0.1, -0.05) is 0 Å². The summed E-state index contributed by atoms with van der Waals surface area (Å²) >= 11 is 0. The summed E-state index contributed by atoms with van der Waals surface area (Å²) in [4.78, 5) is 0. The van der Waals surface area contributed by atoms with Crippen LogP contribution < -0.4 is 0 Å². The Morgan fingerprint density at radius 1 is 0.556 bits per heavy atom. The van der Waals surface area contributed by atoms with Gasteiger partial charge in [-0.3, -0.25) is 0 Å². The fraction of sp³-hybridized carbons (Fsp3) is 0. The molecular formula is H4Al2La2Mg2O3. The number of hydrogen-bond acceptors (Lipinski definition) is 0. The molecule has 0 saturated heterocycles. The van der Waals surface area contributed by atoms with E-state index in [0.29, 0.717) is 0 Å². The zero-order valence-electron chi connectivity index (χ0n) is 8.95. The van der Waals surface area contributed by atoms with Crippen LogP contribution in [0.3, 0.4) is 0 Å². The van der Waals surface area contributed by atoms with Gasteiger partial charge in [0.15, 0.2) is 0 Å². The summed E-state index contributed by atoms with van der Waals surface area (Å²) in [7, 11) is 0. The molecule has 9 heavy (non-hydrogen) atoms. The molecule has 0 aromatic carbocycles. The minimum atomic E-state index is 0. The Morgan fingerprint density at radius 2 is 0.556 bits per heavy atom. The maximum Gasteiger partial charge on any atom is 3.00 e. The van der Waals surface area contributed by atoms with Gasteiger partial charge in [0.25, 0.3) is 0 Å². The standard InChI is InChI=1S/2Al.2La.2Mg.3O.4H/q2*+3;;;2*+2;3*-2;4*-1. The Labute approximate surface area is 170 Å². The largest absolute Gasteiger partial charge is 3.00 e. The van der Waals surface area contributed by atoms with Gasteiger partial charge in [0.1, 0.15) is 0 Å². The van der Waals surface area contributed by atoms with Crippen molar-refractivity contribution in [3.63, 3.8) is 0 Å². The maximum atomic E-state index is 0. The molecule has 3 nitrogen and oxygen atoms in total. The molecule has 0 aliphatic heterocycles. The van der Waals surface area contributed by atoms with Crippen molar-refractivity contribution in [3.8, 4) is 0 Å². The molecule has 0 aliphatic rings. The van der Waals surface area contributed by atoms with Crippen LogP contribution in [0.4, 0.5) is 0 Å². The molecule has 0 amide bonds. The molecule has 9 heteroatoms. The second-order valence-electron chi connectivity index (χ2n) is 0. The van der Waals surface area contributed by atoms with Crippen LogP contribution in [0, 0.1) is 71.2 Å². The van der Waals surface area contributed by atoms with Crippen molar-refractivity contribution in [3.05, 3.63) is 0 Å². The SMILES string of the molecule is [Al+3].[Al+3].[H-].[H-].[H-].[H-].[La].[La].[Mg+2].[Mg+2].[O-2].[O-2].[O-2]. The summed E-state index contributed by atoms with van der Waals surface area (Å²) in [5.74, 6) is 0. The third-order valence-electron chi connectivity index (χ3n) is 0. The normalized spacial score (nSPS) is 0. The first kappa shape index (κ1) is 96.9. The predicted octanol–water partition coefficient (Wildman–Crippen LogP) is -1.43. The van der Waals surface area contributed by atoms with Gasteiger partial charge in [0.2, 0.25) is 0 Å². The monoisotopic (exact) mass is 432 g/mol. The first-order valence-corrected chi connectivity index (χ1v) is 0.